The third kappa shape index (κ3) is 5.14. The highest BCUT2D eigenvalue weighted by molar-refractivity contribution is 7.11. The number of hydrogen-bond acceptors (Lipinski definition) is 4. The van der Waals surface area contributed by atoms with Crippen LogP contribution in [0, 0.1) is 6.92 Å². The fraction of sp³-hybridized carbons (Fsp3) is 0.450. The van der Waals surface area contributed by atoms with Crippen molar-refractivity contribution in [3.05, 3.63) is 52.0 Å². The van der Waals surface area contributed by atoms with Crippen LogP contribution in [0.4, 0.5) is 0 Å². The van der Waals surface area contributed by atoms with Gasteiger partial charge in [-0.1, -0.05) is 0 Å². The first-order valence-corrected chi connectivity index (χ1v) is 9.93. The molecule has 1 fully saturated rings. The van der Waals surface area contributed by atoms with E-state index < -0.39 is 0 Å². The standard InChI is InChI=1S/C20H25N3O2S/c1-16-6-7-18(26-16)15-23(14-17-8-10-21-11-9-17)20(25)5-3-13-22-12-2-4-19(22)24/h6-11H,2-5,12-15H2,1H3. The molecule has 0 unspecified atom stereocenters. The van der Waals surface area contributed by atoms with E-state index in [1.807, 2.05) is 21.9 Å². The molecule has 0 aliphatic carbocycles. The largest absolute Gasteiger partial charge is 0.343 e. The minimum absolute atomic E-state index is 0.138. The van der Waals surface area contributed by atoms with Gasteiger partial charge in [0, 0.05) is 54.6 Å². The van der Waals surface area contributed by atoms with Crippen LogP contribution in [0.5, 0.6) is 0 Å². The molecule has 1 saturated heterocycles. The molecule has 3 heterocycles. The summed E-state index contributed by atoms with van der Waals surface area (Å²) in [5.74, 6) is 0.361. The zero-order valence-electron chi connectivity index (χ0n) is 15.2. The highest BCUT2D eigenvalue weighted by atomic mass is 32.1. The minimum atomic E-state index is 0.138. The molecule has 0 spiro atoms. The van der Waals surface area contributed by atoms with Crippen molar-refractivity contribution in [2.45, 2.75) is 45.7 Å². The van der Waals surface area contributed by atoms with E-state index in [9.17, 15) is 9.59 Å². The molecule has 26 heavy (non-hydrogen) atoms. The SMILES string of the molecule is Cc1ccc(CN(Cc2ccncc2)C(=O)CCCN2CCCC2=O)s1. The maximum atomic E-state index is 12.8. The van der Waals surface area contributed by atoms with Crippen molar-refractivity contribution >= 4 is 23.2 Å². The Balaban J connectivity index is 1.59. The fourth-order valence-electron chi connectivity index (χ4n) is 3.22. The molecule has 5 nitrogen and oxygen atoms in total. The first-order chi connectivity index (χ1) is 12.6. The number of nitrogens with zero attached hydrogens (tertiary/aromatic N) is 3. The second-order valence-electron chi connectivity index (χ2n) is 6.71. The van der Waals surface area contributed by atoms with Gasteiger partial charge in [-0.05, 0) is 49.6 Å². The van der Waals surface area contributed by atoms with E-state index in [1.165, 1.54) is 9.75 Å². The summed E-state index contributed by atoms with van der Waals surface area (Å²) in [6.07, 6.45) is 6.30. The van der Waals surface area contributed by atoms with Crippen molar-refractivity contribution in [2.75, 3.05) is 13.1 Å². The number of likely N-dealkylation sites (tertiary alicyclic amines) is 1. The normalized spacial score (nSPS) is 14.0. The maximum absolute atomic E-state index is 12.8. The van der Waals surface area contributed by atoms with E-state index in [0.29, 0.717) is 32.5 Å². The minimum Gasteiger partial charge on any atom is -0.343 e. The summed E-state index contributed by atoms with van der Waals surface area (Å²) >= 11 is 1.73. The predicted molar refractivity (Wildman–Crippen MR) is 103 cm³/mol. The zero-order valence-corrected chi connectivity index (χ0v) is 16.0. The highest BCUT2D eigenvalue weighted by Gasteiger charge is 2.21. The van der Waals surface area contributed by atoms with Crippen LogP contribution in [0.2, 0.25) is 0 Å². The Morgan fingerprint density at radius 1 is 1.23 bits per heavy atom. The van der Waals surface area contributed by atoms with Gasteiger partial charge in [0.2, 0.25) is 11.8 Å². The number of aromatic nitrogens is 1. The predicted octanol–water partition coefficient (Wildman–Crippen LogP) is 3.38. The van der Waals surface area contributed by atoms with E-state index in [2.05, 4.69) is 24.0 Å². The molecule has 0 saturated carbocycles. The molecule has 0 bridgehead atoms. The van der Waals surface area contributed by atoms with Gasteiger partial charge in [0.25, 0.3) is 0 Å². The monoisotopic (exact) mass is 371 g/mol. The van der Waals surface area contributed by atoms with E-state index in [4.69, 9.17) is 0 Å². The molecule has 6 heteroatoms. The van der Waals surface area contributed by atoms with E-state index in [0.717, 1.165) is 24.9 Å². The number of carbonyl (C=O) groups is 2. The Kier molecular flexibility index (Phi) is 6.39. The summed E-state index contributed by atoms with van der Waals surface area (Å²) in [5, 5.41) is 0. The molecule has 3 rings (SSSR count). The summed E-state index contributed by atoms with van der Waals surface area (Å²) < 4.78 is 0. The van der Waals surface area contributed by atoms with Gasteiger partial charge in [-0.15, -0.1) is 11.3 Å². The van der Waals surface area contributed by atoms with Gasteiger partial charge in [-0.2, -0.15) is 0 Å². The number of amides is 2. The van der Waals surface area contributed by atoms with Crippen LogP contribution in [0.25, 0.3) is 0 Å². The van der Waals surface area contributed by atoms with Crippen molar-refractivity contribution in [1.82, 2.24) is 14.8 Å². The Hall–Kier alpha value is -2.21. The van der Waals surface area contributed by atoms with Gasteiger partial charge in [0.1, 0.15) is 0 Å². The second kappa shape index (κ2) is 8.94. The van der Waals surface area contributed by atoms with Crippen molar-refractivity contribution in [2.24, 2.45) is 0 Å². The highest BCUT2D eigenvalue weighted by Crippen LogP contribution is 2.19. The maximum Gasteiger partial charge on any atom is 0.223 e. The van der Waals surface area contributed by atoms with Crippen molar-refractivity contribution in [3.8, 4) is 0 Å². The summed E-state index contributed by atoms with van der Waals surface area (Å²) in [5.41, 5.74) is 1.08. The Morgan fingerprint density at radius 3 is 2.69 bits per heavy atom. The number of thiophene rings is 1. The molecular formula is C20H25N3O2S. The van der Waals surface area contributed by atoms with Crippen LogP contribution in [0.3, 0.4) is 0 Å². The van der Waals surface area contributed by atoms with Gasteiger partial charge in [-0.3, -0.25) is 14.6 Å². The number of carbonyl (C=O) groups excluding carboxylic acids is 2. The first kappa shape index (κ1) is 18.6. The lowest BCUT2D eigenvalue weighted by molar-refractivity contribution is -0.133. The molecule has 1 aliphatic rings. The summed E-state index contributed by atoms with van der Waals surface area (Å²) in [6, 6.07) is 8.08. The Morgan fingerprint density at radius 2 is 2.04 bits per heavy atom. The third-order valence-corrected chi connectivity index (χ3v) is 5.59. The molecule has 2 amide bonds. The van der Waals surface area contributed by atoms with Crippen LogP contribution in [-0.4, -0.2) is 39.7 Å². The van der Waals surface area contributed by atoms with E-state index in [-0.39, 0.29) is 11.8 Å². The van der Waals surface area contributed by atoms with Crippen LogP contribution in [-0.2, 0) is 22.7 Å². The topological polar surface area (TPSA) is 53.5 Å². The van der Waals surface area contributed by atoms with Crippen molar-refractivity contribution in [1.29, 1.82) is 0 Å². The van der Waals surface area contributed by atoms with Gasteiger partial charge in [0.05, 0.1) is 6.54 Å². The fourth-order valence-corrected chi connectivity index (χ4v) is 4.12. The number of aryl methyl sites for hydroxylation is 1. The second-order valence-corrected chi connectivity index (χ2v) is 8.08. The molecule has 0 atom stereocenters. The summed E-state index contributed by atoms with van der Waals surface area (Å²) in [6.45, 7) is 4.81. The van der Waals surface area contributed by atoms with E-state index in [1.54, 1.807) is 23.7 Å². The van der Waals surface area contributed by atoms with Crippen molar-refractivity contribution in [3.63, 3.8) is 0 Å². The molecule has 0 radical (unpaired) electrons. The van der Waals surface area contributed by atoms with Crippen LogP contribution < -0.4 is 0 Å². The summed E-state index contributed by atoms with van der Waals surface area (Å²) in [7, 11) is 0. The molecule has 2 aromatic rings. The van der Waals surface area contributed by atoms with Crippen LogP contribution in [0.1, 0.15) is 41.0 Å². The molecule has 0 aromatic carbocycles. The Labute approximate surface area is 158 Å². The van der Waals surface area contributed by atoms with Gasteiger partial charge in [-0.25, -0.2) is 0 Å². The first-order valence-electron chi connectivity index (χ1n) is 9.11. The summed E-state index contributed by atoms with van der Waals surface area (Å²) in [4.78, 5) is 34.8. The number of rotatable bonds is 8. The van der Waals surface area contributed by atoms with E-state index >= 15 is 0 Å². The van der Waals surface area contributed by atoms with Gasteiger partial charge < -0.3 is 9.80 Å². The smallest absolute Gasteiger partial charge is 0.223 e. The van der Waals surface area contributed by atoms with Crippen LogP contribution >= 0.6 is 11.3 Å². The average Bonchev–Trinajstić information content (AvgIpc) is 3.23. The molecule has 0 N–H and O–H groups in total. The number of hydrogen-bond donors (Lipinski definition) is 0. The van der Waals surface area contributed by atoms with Gasteiger partial charge in [0.15, 0.2) is 0 Å². The van der Waals surface area contributed by atoms with Crippen LogP contribution in [0.15, 0.2) is 36.7 Å². The molecule has 138 valence electrons. The molecular weight excluding hydrogens is 346 g/mol. The average molecular weight is 372 g/mol. The number of pyridine rings is 1. The third-order valence-electron chi connectivity index (χ3n) is 4.61. The molecule has 2 aromatic heterocycles. The Bertz CT molecular complexity index is 745. The van der Waals surface area contributed by atoms with Gasteiger partial charge >= 0.3 is 0 Å². The quantitative estimate of drug-likeness (QED) is 0.715. The lowest BCUT2D eigenvalue weighted by atomic mass is 10.2. The van der Waals surface area contributed by atoms with Crippen molar-refractivity contribution < 1.29 is 9.59 Å². The molecule has 1 aliphatic heterocycles. The lowest BCUT2D eigenvalue weighted by Crippen LogP contribution is -2.31. The lowest BCUT2D eigenvalue weighted by Gasteiger charge is -2.23. The zero-order chi connectivity index (χ0) is 18.4.